The fourth-order valence-electron chi connectivity index (χ4n) is 2.74. The number of phenols is 1. The van der Waals surface area contributed by atoms with Crippen LogP contribution in [0.2, 0.25) is 12.6 Å². The van der Waals surface area contributed by atoms with E-state index in [0.29, 0.717) is 12.0 Å². The predicted molar refractivity (Wildman–Crippen MR) is 102 cm³/mol. The first-order valence-electron chi connectivity index (χ1n) is 9.11. The Kier molecular flexibility index (Phi) is 9.28. The summed E-state index contributed by atoms with van der Waals surface area (Å²) in [7, 11) is -2.29. The Balaban J connectivity index is 2.39. The lowest BCUT2D eigenvalue weighted by Gasteiger charge is -2.31. The molecule has 1 atom stereocenters. The van der Waals surface area contributed by atoms with Gasteiger partial charge in [-0.05, 0) is 77.4 Å². The van der Waals surface area contributed by atoms with Gasteiger partial charge in [0.1, 0.15) is 12.4 Å². The maximum atomic E-state index is 11.9. The van der Waals surface area contributed by atoms with Gasteiger partial charge in [0, 0.05) is 12.2 Å². The molecule has 6 nitrogen and oxygen atoms in total. The first-order chi connectivity index (χ1) is 12.1. The van der Waals surface area contributed by atoms with E-state index in [9.17, 15) is 15.0 Å². The minimum absolute atomic E-state index is 0.0615. The van der Waals surface area contributed by atoms with Gasteiger partial charge in [-0.3, -0.25) is 0 Å². The van der Waals surface area contributed by atoms with Crippen molar-refractivity contribution in [2.24, 2.45) is 0 Å². The van der Waals surface area contributed by atoms with Crippen molar-refractivity contribution in [2.45, 2.75) is 71.4 Å². The van der Waals surface area contributed by atoms with Gasteiger partial charge in [-0.25, -0.2) is 4.79 Å². The van der Waals surface area contributed by atoms with E-state index in [1.54, 1.807) is 0 Å². The lowest BCUT2D eigenvalue weighted by atomic mass is 10.2. The average Bonchev–Trinajstić information content (AvgIpc) is 2.51. The summed E-state index contributed by atoms with van der Waals surface area (Å²) >= 11 is 0. The van der Waals surface area contributed by atoms with Crippen LogP contribution in [0.15, 0.2) is 24.3 Å². The highest BCUT2D eigenvalue weighted by Crippen LogP contribution is 2.21. The van der Waals surface area contributed by atoms with Crippen LogP contribution in [0.25, 0.3) is 0 Å². The van der Waals surface area contributed by atoms with Gasteiger partial charge in [-0.2, -0.15) is 0 Å². The number of hydrogen-bond acceptors (Lipinski definition) is 6. The standard InChI is InChI=1S/C19H32O6Si/c1-14(2)24-26(5,25-15(3)4)12-6-7-18(21)13-23-19(22)16-8-10-17(20)11-9-16/h8-11,14-15,18,20-21H,6-7,12-13H2,1-5H3. The highest BCUT2D eigenvalue weighted by atomic mass is 28.4. The Morgan fingerprint density at radius 1 is 1.08 bits per heavy atom. The van der Waals surface area contributed by atoms with E-state index in [1.165, 1.54) is 24.3 Å². The van der Waals surface area contributed by atoms with Crippen molar-refractivity contribution in [2.75, 3.05) is 6.61 Å². The Morgan fingerprint density at radius 3 is 2.12 bits per heavy atom. The molecule has 0 aliphatic carbocycles. The largest absolute Gasteiger partial charge is 0.508 e. The Bertz CT molecular complexity index is 533. The Morgan fingerprint density at radius 2 is 1.62 bits per heavy atom. The van der Waals surface area contributed by atoms with Crippen molar-refractivity contribution in [1.82, 2.24) is 0 Å². The topological polar surface area (TPSA) is 85.2 Å². The molecule has 0 spiro atoms. The molecule has 0 saturated heterocycles. The zero-order valence-corrected chi connectivity index (χ0v) is 17.4. The molecule has 1 aromatic carbocycles. The van der Waals surface area contributed by atoms with Gasteiger partial charge in [0.05, 0.1) is 11.7 Å². The summed E-state index contributed by atoms with van der Waals surface area (Å²) in [5, 5.41) is 19.3. The normalized spacial score (nSPS) is 13.2. The molecule has 148 valence electrons. The molecule has 0 amide bonds. The summed E-state index contributed by atoms with van der Waals surface area (Å²) in [6.07, 6.45) is 0.713. The molecular weight excluding hydrogens is 352 g/mol. The molecule has 26 heavy (non-hydrogen) atoms. The van der Waals surface area contributed by atoms with Crippen LogP contribution in [-0.4, -0.2) is 49.7 Å². The first-order valence-corrected chi connectivity index (χ1v) is 11.6. The molecule has 0 aliphatic rings. The summed E-state index contributed by atoms with van der Waals surface area (Å²) < 4.78 is 17.2. The maximum Gasteiger partial charge on any atom is 0.338 e. The maximum absolute atomic E-state index is 11.9. The molecule has 1 aromatic rings. The number of aliphatic hydroxyl groups excluding tert-OH is 1. The minimum Gasteiger partial charge on any atom is -0.508 e. The van der Waals surface area contributed by atoms with Crippen LogP contribution >= 0.6 is 0 Å². The van der Waals surface area contributed by atoms with Crippen LogP contribution in [0.3, 0.4) is 0 Å². The quantitative estimate of drug-likeness (QED) is 0.448. The van der Waals surface area contributed by atoms with Gasteiger partial charge in [-0.1, -0.05) is 0 Å². The monoisotopic (exact) mass is 384 g/mol. The van der Waals surface area contributed by atoms with Gasteiger partial charge < -0.3 is 23.8 Å². The van der Waals surface area contributed by atoms with E-state index in [4.69, 9.17) is 13.6 Å². The van der Waals surface area contributed by atoms with Gasteiger partial charge in [-0.15, -0.1) is 0 Å². The number of hydrogen-bond donors (Lipinski definition) is 2. The number of phenolic OH excluding ortho intramolecular Hbond substituents is 1. The van der Waals surface area contributed by atoms with Crippen molar-refractivity contribution >= 4 is 14.5 Å². The minimum atomic E-state index is -2.29. The third-order valence-corrected chi connectivity index (χ3v) is 6.85. The van der Waals surface area contributed by atoms with E-state index < -0.39 is 20.6 Å². The van der Waals surface area contributed by atoms with Crippen LogP contribution in [-0.2, 0) is 13.6 Å². The summed E-state index contributed by atoms with van der Waals surface area (Å²) in [5.74, 6) is -0.435. The molecule has 0 bridgehead atoms. The number of carbonyl (C=O) groups excluding carboxylic acids is 1. The van der Waals surface area contributed by atoms with E-state index in [1.807, 2.05) is 34.2 Å². The molecule has 0 radical (unpaired) electrons. The smallest absolute Gasteiger partial charge is 0.338 e. The molecule has 0 heterocycles. The van der Waals surface area contributed by atoms with E-state index in [2.05, 4.69) is 0 Å². The van der Waals surface area contributed by atoms with Gasteiger partial charge in [0.25, 0.3) is 0 Å². The zero-order valence-electron chi connectivity index (χ0n) is 16.4. The van der Waals surface area contributed by atoms with Crippen molar-refractivity contribution in [3.8, 4) is 5.75 Å². The lowest BCUT2D eigenvalue weighted by molar-refractivity contribution is 0.0233. The van der Waals surface area contributed by atoms with Crippen LogP contribution in [0, 0.1) is 0 Å². The Hall–Kier alpha value is -1.41. The third-order valence-electron chi connectivity index (χ3n) is 3.65. The molecule has 2 N–H and O–H groups in total. The molecule has 0 aromatic heterocycles. The summed E-state index contributed by atoms with van der Waals surface area (Å²) in [6.45, 7) is 9.95. The number of benzene rings is 1. The highest BCUT2D eigenvalue weighted by Gasteiger charge is 2.33. The van der Waals surface area contributed by atoms with Crippen LogP contribution < -0.4 is 0 Å². The zero-order chi connectivity index (χ0) is 19.7. The second kappa shape index (κ2) is 10.7. The molecule has 0 aliphatic heterocycles. The number of aromatic hydroxyl groups is 1. The summed E-state index contributed by atoms with van der Waals surface area (Å²) in [4.78, 5) is 11.9. The van der Waals surface area contributed by atoms with Crippen LogP contribution in [0.4, 0.5) is 0 Å². The summed E-state index contributed by atoms with van der Waals surface area (Å²) in [5.41, 5.74) is 0.339. The van der Waals surface area contributed by atoms with Crippen molar-refractivity contribution in [3.05, 3.63) is 29.8 Å². The van der Waals surface area contributed by atoms with Gasteiger partial charge >= 0.3 is 14.5 Å². The average molecular weight is 385 g/mol. The predicted octanol–water partition coefficient (Wildman–Crippen LogP) is 3.61. The molecule has 0 fully saturated rings. The second-order valence-electron chi connectivity index (χ2n) is 7.16. The lowest BCUT2D eigenvalue weighted by Crippen LogP contribution is -2.43. The molecular formula is C19H32O6Si. The van der Waals surface area contributed by atoms with Crippen molar-refractivity contribution < 1.29 is 28.6 Å². The van der Waals surface area contributed by atoms with Gasteiger partial charge in [0.15, 0.2) is 0 Å². The SMILES string of the molecule is CC(C)O[Si](C)(CCCC(O)COC(=O)c1ccc(O)cc1)OC(C)C. The molecule has 1 unspecified atom stereocenters. The number of rotatable bonds is 11. The van der Waals surface area contributed by atoms with E-state index >= 15 is 0 Å². The molecule has 0 saturated carbocycles. The number of carbonyl (C=O) groups is 1. The number of ether oxygens (including phenoxy) is 1. The number of esters is 1. The highest BCUT2D eigenvalue weighted by molar-refractivity contribution is 6.66. The fourth-order valence-corrected chi connectivity index (χ4v) is 5.87. The third kappa shape index (κ3) is 8.80. The first kappa shape index (κ1) is 22.6. The molecule has 7 heteroatoms. The van der Waals surface area contributed by atoms with Crippen LogP contribution in [0.1, 0.15) is 50.9 Å². The number of aliphatic hydroxyl groups is 1. The van der Waals surface area contributed by atoms with Gasteiger partial charge in [0.2, 0.25) is 0 Å². The van der Waals surface area contributed by atoms with Crippen LogP contribution in [0.5, 0.6) is 5.75 Å². The van der Waals surface area contributed by atoms with E-state index in [0.717, 1.165) is 12.5 Å². The summed E-state index contributed by atoms with van der Waals surface area (Å²) in [6, 6.07) is 6.57. The van der Waals surface area contributed by atoms with Crippen molar-refractivity contribution in [3.63, 3.8) is 0 Å². The second-order valence-corrected chi connectivity index (χ2v) is 10.4. The Labute approximate surface area is 157 Å². The van der Waals surface area contributed by atoms with E-state index in [-0.39, 0.29) is 24.6 Å². The fraction of sp³-hybridized carbons (Fsp3) is 0.632. The molecule has 1 rings (SSSR count). The van der Waals surface area contributed by atoms with Crippen molar-refractivity contribution in [1.29, 1.82) is 0 Å².